The molecule has 25 heavy (non-hydrogen) atoms. The maximum Gasteiger partial charge on any atom is 0.148 e. The molecule has 4 rings (SSSR count). The van der Waals surface area contributed by atoms with Crippen molar-refractivity contribution in [3.63, 3.8) is 0 Å². The van der Waals surface area contributed by atoms with Crippen molar-refractivity contribution < 1.29 is 19.3 Å². The average molecular weight is 350 g/mol. The third-order valence-electron chi connectivity index (χ3n) is 5.18. The Balaban J connectivity index is 1.63. The van der Waals surface area contributed by atoms with E-state index in [2.05, 4.69) is 16.9 Å². The average Bonchev–Trinajstić information content (AvgIpc) is 3.17. The Morgan fingerprint density at radius 2 is 2.04 bits per heavy atom. The van der Waals surface area contributed by atoms with Crippen LogP contribution in [0.3, 0.4) is 0 Å². The molecule has 0 amide bonds. The number of piperazine rings is 1. The number of hydrogen-bond donors (Lipinski definition) is 2. The zero-order chi connectivity index (χ0) is 17.6. The summed E-state index contributed by atoms with van der Waals surface area (Å²) < 4.78 is 22.1. The van der Waals surface area contributed by atoms with Crippen LogP contribution >= 0.6 is 0 Å². The summed E-state index contributed by atoms with van der Waals surface area (Å²) in [6.07, 6.45) is 0.151. The SMILES string of the molecule is CN1CCN(c2cc3ncn([C@H]4C[C@H](O)[C@@H](CO)O4)c3cc2F)CC1. The van der Waals surface area contributed by atoms with Crippen molar-refractivity contribution >= 4 is 16.7 Å². The lowest BCUT2D eigenvalue weighted by atomic mass is 10.2. The van der Waals surface area contributed by atoms with Crippen molar-refractivity contribution in [2.24, 2.45) is 0 Å². The van der Waals surface area contributed by atoms with Crippen LogP contribution < -0.4 is 4.90 Å². The summed E-state index contributed by atoms with van der Waals surface area (Å²) in [5, 5.41) is 19.1. The molecule has 2 aliphatic heterocycles. The van der Waals surface area contributed by atoms with Crippen LogP contribution in [0.4, 0.5) is 10.1 Å². The Morgan fingerprint density at radius 1 is 1.28 bits per heavy atom. The van der Waals surface area contributed by atoms with E-state index in [1.165, 1.54) is 6.07 Å². The van der Waals surface area contributed by atoms with Crippen molar-refractivity contribution in [2.45, 2.75) is 24.9 Å². The largest absolute Gasteiger partial charge is 0.394 e. The fourth-order valence-electron chi connectivity index (χ4n) is 3.61. The number of likely N-dealkylation sites (N-methyl/N-ethyl adjacent to an activating group) is 1. The van der Waals surface area contributed by atoms with Gasteiger partial charge in [0.05, 0.1) is 35.8 Å². The van der Waals surface area contributed by atoms with Gasteiger partial charge in [0.15, 0.2) is 0 Å². The molecule has 1 aromatic heterocycles. The topological polar surface area (TPSA) is 74.0 Å². The molecule has 0 aliphatic carbocycles. The number of fused-ring (bicyclic) bond motifs is 1. The molecule has 2 saturated heterocycles. The van der Waals surface area contributed by atoms with Gasteiger partial charge in [-0.1, -0.05) is 0 Å². The van der Waals surface area contributed by atoms with E-state index in [-0.39, 0.29) is 12.4 Å². The highest BCUT2D eigenvalue weighted by Gasteiger charge is 2.35. The lowest BCUT2D eigenvalue weighted by Crippen LogP contribution is -2.44. The van der Waals surface area contributed by atoms with Gasteiger partial charge >= 0.3 is 0 Å². The van der Waals surface area contributed by atoms with Crippen LogP contribution in [0, 0.1) is 5.82 Å². The Hall–Kier alpha value is -1.74. The van der Waals surface area contributed by atoms with E-state index in [4.69, 9.17) is 4.74 Å². The molecule has 0 saturated carbocycles. The smallest absolute Gasteiger partial charge is 0.148 e. The Kier molecular flexibility index (Phi) is 4.36. The normalized spacial score (nSPS) is 28.2. The Bertz CT molecular complexity index is 760. The molecular formula is C17H23FN4O3. The molecule has 8 heteroatoms. The van der Waals surface area contributed by atoms with E-state index >= 15 is 0 Å². The first kappa shape index (κ1) is 16.7. The van der Waals surface area contributed by atoms with Gasteiger partial charge in [-0.05, 0) is 13.1 Å². The Labute approximate surface area is 145 Å². The van der Waals surface area contributed by atoms with E-state index in [9.17, 15) is 14.6 Å². The number of aromatic nitrogens is 2. The summed E-state index contributed by atoms with van der Waals surface area (Å²) in [7, 11) is 2.06. The predicted octanol–water partition coefficient (Wildman–Crippen LogP) is 0.568. The molecular weight excluding hydrogens is 327 g/mol. The number of aliphatic hydroxyl groups excluding tert-OH is 2. The number of nitrogens with zero attached hydrogens (tertiary/aromatic N) is 4. The van der Waals surface area contributed by atoms with Gasteiger partial charge in [0.1, 0.15) is 18.1 Å². The summed E-state index contributed by atoms with van der Waals surface area (Å²) in [6, 6.07) is 3.26. The standard InChI is InChI=1S/C17H23FN4O3/c1-20-2-4-21(5-3-20)13-7-12-14(6-11(13)18)22(10-19-12)17-8-15(24)16(9-23)25-17/h6-7,10,15-17,23-24H,2-5,8-9H2,1H3/t15-,16+,17+/m0/s1. The molecule has 3 atom stereocenters. The van der Waals surface area contributed by atoms with Gasteiger partial charge in [-0.15, -0.1) is 0 Å². The van der Waals surface area contributed by atoms with Gasteiger partial charge in [0, 0.05) is 38.7 Å². The molecule has 0 spiro atoms. The molecule has 0 unspecified atom stereocenters. The van der Waals surface area contributed by atoms with Crippen LogP contribution in [0.15, 0.2) is 18.5 Å². The summed E-state index contributed by atoms with van der Waals surface area (Å²) in [6.45, 7) is 3.14. The molecule has 7 nitrogen and oxygen atoms in total. The van der Waals surface area contributed by atoms with E-state index < -0.39 is 18.4 Å². The van der Waals surface area contributed by atoms with Crippen LogP contribution in [0.5, 0.6) is 0 Å². The lowest BCUT2D eigenvalue weighted by Gasteiger charge is -2.34. The van der Waals surface area contributed by atoms with E-state index in [1.54, 1.807) is 17.0 Å². The molecule has 0 bridgehead atoms. The second-order valence-electron chi connectivity index (χ2n) is 6.85. The summed E-state index contributed by atoms with van der Waals surface area (Å²) in [5.41, 5.74) is 1.90. The van der Waals surface area contributed by atoms with E-state index in [0.29, 0.717) is 23.1 Å². The minimum Gasteiger partial charge on any atom is -0.394 e. The van der Waals surface area contributed by atoms with E-state index in [1.807, 2.05) is 4.90 Å². The molecule has 0 radical (unpaired) electrons. The molecule has 2 N–H and O–H groups in total. The van der Waals surface area contributed by atoms with Gasteiger partial charge in [0.2, 0.25) is 0 Å². The monoisotopic (exact) mass is 350 g/mol. The fourth-order valence-corrected chi connectivity index (χ4v) is 3.61. The minimum absolute atomic E-state index is 0.244. The first-order valence-electron chi connectivity index (χ1n) is 8.61. The second-order valence-corrected chi connectivity index (χ2v) is 6.85. The number of benzene rings is 1. The molecule has 1 aromatic carbocycles. The van der Waals surface area contributed by atoms with Gasteiger partial charge < -0.3 is 29.3 Å². The van der Waals surface area contributed by atoms with Crippen molar-refractivity contribution in [2.75, 3.05) is 44.7 Å². The first-order chi connectivity index (χ1) is 12.1. The highest BCUT2D eigenvalue weighted by Crippen LogP contribution is 2.33. The fraction of sp³-hybridized carbons (Fsp3) is 0.588. The summed E-state index contributed by atoms with van der Waals surface area (Å²) in [4.78, 5) is 8.66. The highest BCUT2D eigenvalue weighted by molar-refractivity contribution is 5.80. The van der Waals surface area contributed by atoms with Crippen molar-refractivity contribution in [1.29, 1.82) is 0 Å². The maximum absolute atomic E-state index is 14.7. The highest BCUT2D eigenvalue weighted by atomic mass is 19.1. The number of aliphatic hydroxyl groups is 2. The number of anilines is 1. The summed E-state index contributed by atoms with van der Waals surface area (Å²) >= 11 is 0. The summed E-state index contributed by atoms with van der Waals surface area (Å²) in [5.74, 6) is -0.281. The number of imidazole rings is 1. The first-order valence-corrected chi connectivity index (χ1v) is 8.61. The Morgan fingerprint density at radius 3 is 2.72 bits per heavy atom. The minimum atomic E-state index is -0.734. The quantitative estimate of drug-likeness (QED) is 0.843. The van der Waals surface area contributed by atoms with Gasteiger partial charge in [-0.3, -0.25) is 0 Å². The second kappa shape index (κ2) is 6.53. The third kappa shape index (κ3) is 2.99. The van der Waals surface area contributed by atoms with Crippen molar-refractivity contribution in [3.8, 4) is 0 Å². The van der Waals surface area contributed by atoms with Gasteiger partial charge in [-0.2, -0.15) is 0 Å². The number of rotatable bonds is 3. The van der Waals surface area contributed by atoms with Crippen LogP contribution in [0.25, 0.3) is 11.0 Å². The number of ether oxygens (including phenoxy) is 1. The zero-order valence-electron chi connectivity index (χ0n) is 14.2. The predicted molar refractivity (Wildman–Crippen MR) is 91.0 cm³/mol. The van der Waals surface area contributed by atoms with Crippen molar-refractivity contribution in [3.05, 3.63) is 24.3 Å². The lowest BCUT2D eigenvalue weighted by molar-refractivity contribution is -0.0430. The molecule has 2 fully saturated rings. The zero-order valence-corrected chi connectivity index (χ0v) is 14.2. The van der Waals surface area contributed by atoms with Crippen molar-refractivity contribution in [1.82, 2.24) is 14.5 Å². The van der Waals surface area contributed by atoms with E-state index in [0.717, 1.165) is 26.2 Å². The molecule has 3 heterocycles. The number of hydrogen-bond acceptors (Lipinski definition) is 6. The molecule has 2 aromatic rings. The van der Waals surface area contributed by atoms with Crippen LogP contribution in [0.2, 0.25) is 0 Å². The third-order valence-corrected chi connectivity index (χ3v) is 5.18. The molecule has 2 aliphatic rings. The maximum atomic E-state index is 14.7. The molecule has 136 valence electrons. The van der Waals surface area contributed by atoms with Crippen LogP contribution in [-0.4, -0.2) is 76.7 Å². The van der Waals surface area contributed by atoms with Gasteiger partial charge in [0.25, 0.3) is 0 Å². The number of halogens is 1. The van der Waals surface area contributed by atoms with Crippen LogP contribution in [0.1, 0.15) is 12.6 Å². The van der Waals surface area contributed by atoms with Crippen LogP contribution in [-0.2, 0) is 4.74 Å². The van der Waals surface area contributed by atoms with Gasteiger partial charge in [-0.25, -0.2) is 9.37 Å².